The van der Waals surface area contributed by atoms with E-state index in [9.17, 15) is 4.79 Å². The van der Waals surface area contributed by atoms with Gasteiger partial charge in [-0.2, -0.15) is 9.78 Å². The van der Waals surface area contributed by atoms with Gasteiger partial charge < -0.3 is 5.21 Å². The first-order valence-electron chi connectivity index (χ1n) is 8.74. The van der Waals surface area contributed by atoms with Crippen LogP contribution < -0.4 is 5.56 Å². The lowest BCUT2D eigenvalue weighted by atomic mass is 10.00. The molecule has 0 aliphatic carbocycles. The van der Waals surface area contributed by atoms with Crippen molar-refractivity contribution in [1.29, 1.82) is 0 Å². The van der Waals surface area contributed by atoms with Crippen LogP contribution in [-0.2, 0) is 0 Å². The number of benzene rings is 3. The van der Waals surface area contributed by atoms with E-state index in [0.29, 0.717) is 22.3 Å². The van der Waals surface area contributed by atoms with Crippen LogP contribution in [0.3, 0.4) is 0 Å². The van der Waals surface area contributed by atoms with Crippen molar-refractivity contribution >= 4 is 23.1 Å². The molecule has 0 spiro atoms. The van der Waals surface area contributed by atoms with Crippen molar-refractivity contribution in [3.8, 4) is 16.9 Å². The third kappa shape index (κ3) is 3.10. The van der Waals surface area contributed by atoms with Gasteiger partial charge >= 0.3 is 0 Å². The highest BCUT2D eigenvalue weighted by atomic mass is 16.4. The molecule has 0 aliphatic rings. The van der Waals surface area contributed by atoms with Gasteiger partial charge in [0.2, 0.25) is 0 Å². The summed E-state index contributed by atoms with van der Waals surface area (Å²) in [5, 5.41) is 18.1. The molecule has 1 heterocycles. The van der Waals surface area contributed by atoms with Crippen LogP contribution in [0.2, 0.25) is 0 Å². The summed E-state index contributed by atoms with van der Waals surface area (Å²) in [6.45, 7) is 3.83. The van der Waals surface area contributed by atoms with Crippen molar-refractivity contribution in [2.24, 2.45) is 5.16 Å². The third-order valence-electron chi connectivity index (χ3n) is 4.50. The predicted octanol–water partition coefficient (Wildman–Crippen LogP) is 4.50. The fraction of sp³-hybridized carbons (Fsp3) is 0. The second kappa shape index (κ2) is 7.32. The van der Waals surface area contributed by atoms with Gasteiger partial charge in [0.25, 0.3) is 5.56 Å². The topological polar surface area (TPSA) is 67.5 Å². The molecule has 4 aromatic rings. The first-order chi connectivity index (χ1) is 13.7. The van der Waals surface area contributed by atoms with E-state index in [2.05, 4.69) is 16.8 Å². The van der Waals surface area contributed by atoms with E-state index in [1.54, 1.807) is 12.1 Å². The fourth-order valence-corrected chi connectivity index (χ4v) is 3.22. The largest absolute Gasteiger partial charge is 0.411 e. The summed E-state index contributed by atoms with van der Waals surface area (Å²) in [7, 11) is 0. The highest BCUT2D eigenvalue weighted by Gasteiger charge is 2.14. The molecule has 0 saturated carbocycles. The zero-order chi connectivity index (χ0) is 19.5. The van der Waals surface area contributed by atoms with E-state index >= 15 is 0 Å². The van der Waals surface area contributed by atoms with Gasteiger partial charge in [-0.15, -0.1) is 0 Å². The number of para-hydroxylation sites is 1. The molecule has 0 bridgehead atoms. The second-order valence-electron chi connectivity index (χ2n) is 6.28. The highest BCUT2D eigenvalue weighted by Crippen LogP contribution is 2.27. The standard InChI is InChI=1S/C23H17N3O2/c1-2-16-12-17(15-24-28)14-18(13-16)22-20-10-6-7-11-21(20)23(27)26(25-22)19-8-4-3-5-9-19/h2-15,28H,1H2/b24-15+. The molecular weight excluding hydrogens is 350 g/mol. The fourth-order valence-electron chi connectivity index (χ4n) is 3.22. The number of hydrogen-bond donors (Lipinski definition) is 1. The molecule has 3 aromatic carbocycles. The number of rotatable bonds is 4. The van der Waals surface area contributed by atoms with Gasteiger partial charge in [0.15, 0.2) is 0 Å². The van der Waals surface area contributed by atoms with Gasteiger partial charge in [-0.1, -0.05) is 54.2 Å². The molecule has 0 radical (unpaired) electrons. The Kier molecular flexibility index (Phi) is 4.56. The van der Waals surface area contributed by atoms with Crippen molar-refractivity contribution in [2.75, 3.05) is 0 Å². The Bertz CT molecular complexity index is 1260. The molecule has 4 rings (SSSR count). The smallest absolute Gasteiger partial charge is 0.279 e. The number of aromatic nitrogens is 2. The average molecular weight is 367 g/mol. The maximum Gasteiger partial charge on any atom is 0.279 e. The zero-order valence-electron chi connectivity index (χ0n) is 15.0. The van der Waals surface area contributed by atoms with Crippen molar-refractivity contribution < 1.29 is 5.21 Å². The minimum Gasteiger partial charge on any atom is -0.411 e. The summed E-state index contributed by atoms with van der Waals surface area (Å²) >= 11 is 0. The van der Waals surface area contributed by atoms with Gasteiger partial charge in [0, 0.05) is 10.9 Å². The van der Waals surface area contributed by atoms with Crippen molar-refractivity contribution in [1.82, 2.24) is 9.78 Å². The van der Waals surface area contributed by atoms with Gasteiger partial charge in [0.1, 0.15) is 0 Å². The Morgan fingerprint density at radius 3 is 2.32 bits per heavy atom. The molecule has 28 heavy (non-hydrogen) atoms. The number of oxime groups is 1. The first-order valence-corrected chi connectivity index (χ1v) is 8.74. The quantitative estimate of drug-likeness (QED) is 0.328. The SMILES string of the molecule is C=Cc1cc(/C=N/O)cc(-c2nn(-c3ccccc3)c(=O)c3ccccc23)c1. The molecule has 0 saturated heterocycles. The predicted molar refractivity (Wildman–Crippen MR) is 112 cm³/mol. The summed E-state index contributed by atoms with van der Waals surface area (Å²) in [5.41, 5.74) is 3.54. The van der Waals surface area contributed by atoms with Crippen LogP contribution in [0.15, 0.2) is 89.3 Å². The van der Waals surface area contributed by atoms with Crippen molar-refractivity contribution in [3.63, 3.8) is 0 Å². The summed E-state index contributed by atoms with van der Waals surface area (Å²) in [6, 6.07) is 22.4. The molecule has 0 aliphatic heterocycles. The Morgan fingerprint density at radius 1 is 0.929 bits per heavy atom. The number of fused-ring (bicyclic) bond motifs is 1. The third-order valence-corrected chi connectivity index (χ3v) is 4.50. The van der Waals surface area contributed by atoms with Crippen molar-refractivity contribution in [2.45, 2.75) is 0 Å². The molecule has 5 nitrogen and oxygen atoms in total. The molecule has 0 atom stereocenters. The van der Waals surface area contributed by atoms with Gasteiger partial charge in [-0.25, -0.2) is 0 Å². The van der Waals surface area contributed by atoms with Gasteiger partial charge in [-0.3, -0.25) is 4.79 Å². The lowest BCUT2D eigenvalue weighted by molar-refractivity contribution is 0.322. The first kappa shape index (κ1) is 17.4. The van der Waals surface area contributed by atoms with E-state index in [1.807, 2.05) is 66.7 Å². The highest BCUT2D eigenvalue weighted by molar-refractivity contribution is 5.95. The van der Waals surface area contributed by atoms with E-state index in [1.165, 1.54) is 10.9 Å². The molecule has 136 valence electrons. The Labute approximate surface area is 161 Å². The Balaban J connectivity index is 2.08. The van der Waals surface area contributed by atoms with E-state index in [0.717, 1.165) is 16.5 Å². The van der Waals surface area contributed by atoms with E-state index in [-0.39, 0.29) is 5.56 Å². The Morgan fingerprint density at radius 2 is 1.61 bits per heavy atom. The minimum absolute atomic E-state index is 0.178. The normalized spacial score (nSPS) is 11.1. The molecule has 0 fully saturated rings. The van der Waals surface area contributed by atoms with Crippen LogP contribution in [0.25, 0.3) is 33.8 Å². The number of hydrogen-bond acceptors (Lipinski definition) is 4. The van der Waals surface area contributed by atoms with E-state index < -0.39 is 0 Å². The maximum absolute atomic E-state index is 13.0. The summed E-state index contributed by atoms with van der Waals surface area (Å²) < 4.78 is 1.41. The van der Waals surface area contributed by atoms with Crippen LogP contribution in [-0.4, -0.2) is 21.2 Å². The summed E-state index contributed by atoms with van der Waals surface area (Å²) in [6.07, 6.45) is 3.07. The van der Waals surface area contributed by atoms with Crippen LogP contribution in [0.5, 0.6) is 0 Å². The second-order valence-corrected chi connectivity index (χ2v) is 6.28. The lowest BCUT2D eigenvalue weighted by Crippen LogP contribution is -2.22. The van der Waals surface area contributed by atoms with Crippen LogP contribution in [0, 0.1) is 0 Å². The monoisotopic (exact) mass is 367 g/mol. The summed E-state index contributed by atoms with van der Waals surface area (Å²) in [4.78, 5) is 13.0. The van der Waals surface area contributed by atoms with Gasteiger partial charge in [0.05, 0.1) is 23.0 Å². The average Bonchev–Trinajstić information content (AvgIpc) is 2.75. The minimum atomic E-state index is -0.178. The van der Waals surface area contributed by atoms with Crippen LogP contribution >= 0.6 is 0 Å². The molecular formula is C23H17N3O2. The molecule has 0 amide bonds. The molecule has 0 unspecified atom stereocenters. The molecule has 1 aromatic heterocycles. The maximum atomic E-state index is 13.0. The van der Waals surface area contributed by atoms with Crippen molar-refractivity contribution in [3.05, 3.63) is 101 Å². The number of nitrogens with zero attached hydrogens (tertiary/aromatic N) is 3. The lowest BCUT2D eigenvalue weighted by Gasteiger charge is -2.12. The van der Waals surface area contributed by atoms with E-state index in [4.69, 9.17) is 5.21 Å². The summed E-state index contributed by atoms with van der Waals surface area (Å²) in [5.74, 6) is 0. The zero-order valence-corrected chi connectivity index (χ0v) is 15.0. The van der Waals surface area contributed by atoms with Crippen LogP contribution in [0.1, 0.15) is 11.1 Å². The van der Waals surface area contributed by atoms with Crippen LogP contribution in [0.4, 0.5) is 0 Å². The molecule has 5 heteroatoms. The Hall–Kier alpha value is -3.99. The molecule has 1 N–H and O–H groups in total. The van der Waals surface area contributed by atoms with Gasteiger partial charge in [-0.05, 0) is 47.5 Å².